The summed E-state index contributed by atoms with van der Waals surface area (Å²) in [5, 5.41) is 12.7. The van der Waals surface area contributed by atoms with Crippen LogP contribution in [0.25, 0.3) is 87.2 Å². The third-order valence-corrected chi connectivity index (χ3v) is 9.24. The molecule has 0 spiro atoms. The SMILES string of the molecule is c1ccc2c(-c3cccc4cc(-c5c6ccccc6c(-c6cccc7ccccc67)c6ccccc56)ccc34)cccc2c1. The van der Waals surface area contributed by atoms with Gasteiger partial charge in [-0.3, -0.25) is 0 Å². The lowest BCUT2D eigenvalue weighted by Crippen LogP contribution is -1.92. The number of fused-ring (bicyclic) bond motifs is 5. The summed E-state index contributed by atoms with van der Waals surface area (Å²) in [6, 6.07) is 62.3. The van der Waals surface area contributed by atoms with Crippen LogP contribution < -0.4 is 0 Å². The molecule has 0 aliphatic heterocycles. The molecule has 0 N–H and O–H groups in total. The Labute approximate surface area is 256 Å². The molecule has 0 atom stereocenters. The molecule has 0 aliphatic rings. The summed E-state index contributed by atoms with van der Waals surface area (Å²) in [6.07, 6.45) is 0. The highest BCUT2D eigenvalue weighted by molar-refractivity contribution is 6.24. The third kappa shape index (κ3) is 3.78. The normalized spacial score (nSPS) is 11.6. The van der Waals surface area contributed by atoms with Gasteiger partial charge in [0.1, 0.15) is 0 Å². The molecule has 0 bridgehead atoms. The lowest BCUT2D eigenvalue weighted by Gasteiger charge is -2.19. The summed E-state index contributed by atoms with van der Waals surface area (Å²) in [6.45, 7) is 0. The summed E-state index contributed by atoms with van der Waals surface area (Å²) in [5.74, 6) is 0. The van der Waals surface area contributed by atoms with Crippen LogP contribution in [0, 0.1) is 0 Å². The van der Waals surface area contributed by atoms with Crippen molar-refractivity contribution in [3.63, 3.8) is 0 Å². The second kappa shape index (κ2) is 9.93. The van der Waals surface area contributed by atoms with Gasteiger partial charge < -0.3 is 0 Å². The van der Waals surface area contributed by atoms with E-state index in [2.05, 4.69) is 170 Å². The molecule has 0 radical (unpaired) electrons. The van der Waals surface area contributed by atoms with Crippen molar-refractivity contribution in [2.45, 2.75) is 0 Å². The zero-order valence-electron chi connectivity index (χ0n) is 24.2. The van der Waals surface area contributed by atoms with Crippen molar-refractivity contribution in [3.8, 4) is 33.4 Å². The fourth-order valence-corrected chi connectivity index (χ4v) is 7.31. The first kappa shape index (κ1) is 24.8. The zero-order valence-corrected chi connectivity index (χ0v) is 24.2. The van der Waals surface area contributed by atoms with Crippen LogP contribution in [0.2, 0.25) is 0 Å². The van der Waals surface area contributed by atoms with Crippen LogP contribution in [-0.4, -0.2) is 0 Å². The Kier molecular flexibility index (Phi) is 5.61. The summed E-state index contributed by atoms with van der Waals surface area (Å²) < 4.78 is 0. The Balaban J connectivity index is 1.32. The van der Waals surface area contributed by atoms with Gasteiger partial charge >= 0.3 is 0 Å². The second-order valence-corrected chi connectivity index (χ2v) is 11.6. The van der Waals surface area contributed by atoms with Gasteiger partial charge in [-0.15, -0.1) is 0 Å². The van der Waals surface area contributed by atoms with Crippen LogP contribution >= 0.6 is 0 Å². The lowest BCUT2D eigenvalue weighted by atomic mass is 9.84. The third-order valence-electron chi connectivity index (χ3n) is 9.24. The van der Waals surface area contributed by atoms with Gasteiger partial charge in [0.25, 0.3) is 0 Å². The van der Waals surface area contributed by atoms with E-state index < -0.39 is 0 Å². The Morgan fingerprint density at radius 1 is 0.227 bits per heavy atom. The van der Waals surface area contributed by atoms with Gasteiger partial charge in [0.15, 0.2) is 0 Å². The number of hydrogen-bond acceptors (Lipinski definition) is 0. The molecule has 9 aromatic rings. The summed E-state index contributed by atoms with van der Waals surface area (Å²) in [5.41, 5.74) is 7.65. The molecule has 0 fully saturated rings. The monoisotopic (exact) mass is 556 g/mol. The van der Waals surface area contributed by atoms with Crippen LogP contribution in [0.1, 0.15) is 0 Å². The predicted molar refractivity (Wildman–Crippen MR) is 190 cm³/mol. The van der Waals surface area contributed by atoms with E-state index in [1.54, 1.807) is 0 Å². The maximum absolute atomic E-state index is 2.38. The molecule has 0 saturated heterocycles. The zero-order chi connectivity index (χ0) is 29.0. The minimum Gasteiger partial charge on any atom is -0.0616 e. The van der Waals surface area contributed by atoms with Gasteiger partial charge in [-0.1, -0.05) is 164 Å². The minimum absolute atomic E-state index is 1.24. The molecule has 9 rings (SSSR count). The quantitative estimate of drug-likeness (QED) is 0.190. The predicted octanol–water partition coefficient (Wildman–Crippen LogP) is 12.5. The van der Waals surface area contributed by atoms with Crippen molar-refractivity contribution in [2.75, 3.05) is 0 Å². The largest absolute Gasteiger partial charge is 0.0616 e. The molecule has 0 heterocycles. The van der Waals surface area contributed by atoms with E-state index in [4.69, 9.17) is 0 Å². The molecule has 0 aromatic heterocycles. The van der Waals surface area contributed by atoms with Gasteiger partial charge in [-0.25, -0.2) is 0 Å². The van der Waals surface area contributed by atoms with Gasteiger partial charge in [-0.05, 0) is 93.3 Å². The van der Waals surface area contributed by atoms with E-state index in [1.807, 2.05) is 0 Å². The Morgan fingerprint density at radius 3 is 1.18 bits per heavy atom. The van der Waals surface area contributed by atoms with Crippen molar-refractivity contribution in [3.05, 3.63) is 170 Å². The van der Waals surface area contributed by atoms with Crippen molar-refractivity contribution in [1.29, 1.82) is 0 Å². The van der Waals surface area contributed by atoms with Crippen LogP contribution in [0.15, 0.2) is 170 Å². The first-order chi connectivity index (χ1) is 21.8. The van der Waals surface area contributed by atoms with Crippen molar-refractivity contribution < 1.29 is 0 Å². The van der Waals surface area contributed by atoms with Crippen molar-refractivity contribution >= 4 is 53.9 Å². The van der Waals surface area contributed by atoms with Gasteiger partial charge in [0.05, 0.1) is 0 Å². The van der Waals surface area contributed by atoms with E-state index in [9.17, 15) is 0 Å². The van der Waals surface area contributed by atoms with E-state index in [0.717, 1.165) is 0 Å². The molecule has 204 valence electrons. The number of benzene rings is 9. The molecule has 44 heavy (non-hydrogen) atoms. The highest BCUT2D eigenvalue weighted by Gasteiger charge is 2.18. The van der Waals surface area contributed by atoms with Crippen molar-refractivity contribution in [1.82, 2.24) is 0 Å². The smallest absolute Gasteiger partial charge is 0.00201 e. The van der Waals surface area contributed by atoms with Gasteiger partial charge in [0.2, 0.25) is 0 Å². The van der Waals surface area contributed by atoms with Gasteiger partial charge in [-0.2, -0.15) is 0 Å². The Bertz CT molecular complexity index is 2480. The Hall–Kier alpha value is -5.72. The van der Waals surface area contributed by atoms with E-state index in [0.29, 0.717) is 0 Å². The van der Waals surface area contributed by atoms with E-state index in [-0.39, 0.29) is 0 Å². The molecule has 0 aliphatic carbocycles. The maximum atomic E-state index is 2.38. The van der Waals surface area contributed by atoms with E-state index >= 15 is 0 Å². The fraction of sp³-hybridized carbons (Fsp3) is 0. The Morgan fingerprint density at radius 2 is 0.614 bits per heavy atom. The topological polar surface area (TPSA) is 0 Å². The summed E-state index contributed by atoms with van der Waals surface area (Å²) in [7, 11) is 0. The maximum Gasteiger partial charge on any atom is -0.00201 e. The van der Waals surface area contributed by atoms with Gasteiger partial charge in [0, 0.05) is 0 Å². The number of hydrogen-bond donors (Lipinski definition) is 0. The summed E-state index contributed by atoms with van der Waals surface area (Å²) >= 11 is 0. The molecule has 0 nitrogen and oxygen atoms in total. The molecule has 0 heteroatoms. The van der Waals surface area contributed by atoms with Crippen LogP contribution in [0.3, 0.4) is 0 Å². The lowest BCUT2D eigenvalue weighted by molar-refractivity contribution is 1.67. The van der Waals surface area contributed by atoms with Crippen LogP contribution in [0.4, 0.5) is 0 Å². The highest BCUT2D eigenvalue weighted by atomic mass is 14.2. The molecule has 0 amide bonds. The summed E-state index contributed by atoms with van der Waals surface area (Å²) in [4.78, 5) is 0. The standard InChI is InChI=1S/C44H28/c1-3-17-33-29(12-1)14-9-23-36(33)37-24-11-16-31-28-32(26-27-35(31)37)43-39-19-5-7-21-41(39)44(42-22-8-6-20-40(42)43)38-25-10-15-30-13-2-4-18-34(30)38/h1-28H. The molecule has 9 aromatic carbocycles. The second-order valence-electron chi connectivity index (χ2n) is 11.6. The molecular weight excluding hydrogens is 528 g/mol. The van der Waals surface area contributed by atoms with Crippen LogP contribution in [0.5, 0.6) is 0 Å². The first-order valence-corrected chi connectivity index (χ1v) is 15.3. The first-order valence-electron chi connectivity index (χ1n) is 15.3. The van der Waals surface area contributed by atoms with E-state index in [1.165, 1.54) is 87.2 Å². The molecule has 0 unspecified atom stereocenters. The number of rotatable bonds is 3. The molecular formula is C44H28. The van der Waals surface area contributed by atoms with Crippen LogP contribution in [-0.2, 0) is 0 Å². The molecule has 0 saturated carbocycles. The highest BCUT2D eigenvalue weighted by Crippen LogP contribution is 2.46. The van der Waals surface area contributed by atoms with Crippen molar-refractivity contribution in [2.24, 2.45) is 0 Å². The average molecular weight is 557 g/mol. The average Bonchev–Trinajstić information content (AvgIpc) is 3.09. The fourth-order valence-electron chi connectivity index (χ4n) is 7.31. The minimum atomic E-state index is 1.24.